The number of rotatable bonds is 4. The van der Waals surface area contributed by atoms with Crippen LogP contribution in [0.25, 0.3) is 17.1 Å². The van der Waals surface area contributed by atoms with Gasteiger partial charge in [0.25, 0.3) is 5.91 Å². The number of carbonyl (C=O) groups is 1. The molecule has 1 N–H and O–H groups in total. The minimum absolute atomic E-state index is 0.0494. The summed E-state index contributed by atoms with van der Waals surface area (Å²) in [6.45, 7) is 1.65. The highest BCUT2D eigenvalue weighted by molar-refractivity contribution is 9.10. The van der Waals surface area contributed by atoms with E-state index in [1.165, 1.54) is 22.9 Å². The van der Waals surface area contributed by atoms with E-state index >= 15 is 0 Å². The molecule has 2 aromatic carbocycles. The summed E-state index contributed by atoms with van der Waals surface area (Å²) < 4.78 is 44.5. The number of benzene rings is 2. The monoisotopic (exact) mass is 526 g/mol. The molecule has 0 saturated carbocycles. The molecule has 0 atom stereocenters. The van der Waals surface area contributed by atoms with Gasteiger partial charge in [0.2, 0.25) is 5.82 Å². The largest absolute Gasteiger partial charge is 0.471 e. The van der Waals surface area contributed by atoms with Crippen molar-refractivity contribution < 1.29 is 22.5 Å². The predicted molar refractivity (Wildman–Crippen MR) is 111 cm³/mol. The number of hydrogen-bond donors (Lipinski definition) is 1. The quantitative estimate of drug-likeness (QED) is 0.386. The van der Waals surface area contributed by atoms with E-state index in [-0.39, 0.29) is 17.1 Å². The van der Waals surface area contributed by atoms with Gasteiger partial charge in [-0.1, -0.05) is 50.0 Å². The van der Waals surface area contributed by atoms with E-state index in [1.807, 2.05) is 0 Å². The summed E-state index contributed by atoms with van der Waals surface area (Å²) in [6.07, 6.45) is -4.75. The van der Waals surface area contributed by atoms with Crippen molar-refractivity contribution in [3.63, 3.8) is 0 Å². The molecule has 13 heteroatoms. The minimum atomic E-state index is -4.75. The summed E-state index contributed by atoms with van der Waals surface area (Å²) in [5.74, 6) is -2.29. The van der Waals surface area contributed by atoms with E-state index in [9.17, 15) is 18.0 Å². The van der Waals surface area contributed by atoms with Crippen molar-refractivity contribution in [3.05, 3.63) is 69.2 Å². The lowest BCUT2D eigenvalue weighted by Gasteiger charge is -2.07. The van der Waals surface area contributed by atoms with Crippen molar-refractivity contribution >= 4 is 39.1 Å². The maximum atomic E-state index is 12.7. The number of aromatic nitrogens is 5. The minimum Gasteiger partial charge on any atom is -0.329 e. The van der Waals surface area contributed by atoms with Crippen molar-refractivity contribution in [2.24, 2.45) is 0 Å². The van der Waals surface area contributed by atoms with Crippen LogP contribution in [0.4, 0.5) is 18.9 Å². The first-order valence-electron chi connectivity index (χ1n) is 8.84. The second kappa shape index (κ2) is 8.36. The summed E-state index contributed by atoms with van der Waals surface area (Å²) >= 11 is 9.57. The molecule has 1 amide bonds. The van der Waals surface area contributed by atoms with E-state index in [0.717, 1.165) is 4.47 Å². The van der Waals surface area contributed by atoms with E-state index in [1.54, 1.807) is 31.2 Å². The van der Waals surface area contributed by atoms with Crippen LogP contribution >= 0.6 is 27.5 Å². The Balaban J connectivity index is 1.57. The summed E-state index contributed by atoms with van der Waals surface area (Å²) in [7, 11) is 0. The van der Waals surface area contributed by atoms with Crippen molar-refractivity contribution in [1.82, 2.24) is 25.1 Å². The van der Waals surface area contributed by atoms with Gasteiger partial charge < -0.3 is 9.84 Å². The van der Waals surface area contributed by atoms with E-state index in [4.69, 9.17) is 11.6 Å². The number of alkyl halides is 3. The molecule has 4 aromatic rings. The molecule has 8 nitrogen and oxygen atoms in total. The van der Waals surface area contributed by atoms with Crippen molar-refractivity contribution in [3.8, 4) is 17.1 Å². The zero-order chi connectivity index (χ0) is 23.0. The zero-order valence-corrected chi connectivity index (χ0v) is 18.3. The molecule has 0 radical (unpaired) electrons. The first-order valence-corrected chi connectivity index (χ1v) is 10.0. The van der Waals surface area contributed by atoms with Gasteiger partial charge in [-0.15, -0.1) is 5.10 Å². The molecule has 0 unspecified atom stereocenters. The average molecular weight is 528 g/mol. The number of carbonyl (C=O) groups excluding carboxylic acids is 1. The fourth-order valence-electron chi connectivity index (χ4n) is 2.80. The molecule has 0 bridgehead atoms. The smallest absolute Gasteiger partial charge is 0.329 e. The van der Waals surface area contributed by atoms with Crippen LogP contribution in [-0.4, -0.2) is 31.0 Å². The van der Waals surface area contributed by atoms with E-state index in [0.29, 0.717) is 22.1 Å². The third-order valence-electron chi connectivity index (χ3n) is 4.29. The zero-order valence-electron chi connectivity index (χ0n) is 16.0. The fraction of sp³-hybridized carbons (Fsp3) is 0.105. The van der Waals surface area contributed by atoms with Crippen LogP contribution in [0.1, 0.15) is 22.1 Å². The highest BCUT2D eigenvalue weighted by atomic mass is 79.9. The summed E-state index contributed by atoms with van der Waals surface area (Å²) in [5, 5.41) is 14.3. The lowest BCUT2D eigenvalue weighted by atomic mass is 10.2. The molecule has 4 rings (SSSR count). The maximum absolute atomic E-state index is 12.7. The standard InChI is InChI=1S/C19H11BrClF3N6O2/c1-9-15(27-29-30(9)14-6-5-11(20)8-13(14)21)17(31)25-12-4-2-3-10(7-12)16-26-18(32-28-16)19(22,23)24/h2-8H,1H3,(H,25,31). The van der Waals surface area contributed by atoms with Gasteiger partial charge in [0, 0.05) is 15.7 Å². The third-order valence-corrected chi connectivity index (χ3v) is 5.09. The SMILES string of the molecule is Cc1c(C(=O)Nc2cccc(-c3noc(C(F)(F)F)n3)c2)nnn1-c1ccc(Br)cc1Cl. The van der Waals surface area contributed by atoms with E-state index in [2.05, 4.69) is 46.2 Å². The molecule has 32 heavy (non-hydrogen) atoms. The second-order valence-electron chi connectivity index (χ2n) is 6.49. The number of amides is 1. The van der Waals surface area contributed by atoms with Crippen LogP contribution in [-0.2, 0) is 6.18 Å². The van der Waals surface area contributed by atoms with Gasteiger partial charge in [0.15, 0.2) is 5.69 Å². The van der Waals surface area contributed by atoms with Gasteiger partial charge in [0.1, 0.15) is 0 Å². The molecule has 0 saturated heterocycles. The Hall–Kier alpha value is -3.25. The first-order chi connectivity index (χ1) is 15.1. The predicted octanol–water partition coefficient (Wildman–Crippen LogP) is 5.31. The Morgan fingerprint density at radius 1 is 1.22 bits per heavy atom. The highest BCUT2D eigenvalue weighted by Crippen LogP contribution is 2.30. The number of anilines is 1. The van der Waals surface area contributed by atoms with E-state index < -0.39 is 18.0 Å². The van der Waals surface area contributed by atoms with Gasteiger partial charge in [0.05, 0.1) is 16.4 Å². The lowest BCUT2D eigenvalue weighted by Crippen LogP contribution is -2.14. The molecule has 2 heterocycles. The van der Waals surface area contributed by atoms with Gasteiger partial charge in [-0.05, 0) is 37.3 Å². The van der Waals surface area contributed by atoms with Crippen LogP contribution in [0.15, 0.2) is 51.5 Å². The topological polar surface area (TPSA) is 98.7 Å². The molecule has 0 fully saturated rings. The Morgan fingerprint density at radius 3 is 2.69 bits per heavy atom. The van der Waals surface area contributed by atoms with Gasteiger partial charge in [-0.2, -0.15) is 18.2 Å². The van der Waals surface area contributed by atoms with Gasteiger partial charge in [-0.25, -0.2) is 4.68 Å². The Labute approximate surface area is 191 Å². The van der Waals surface area contributed by atoms with Gasteiger partial charge in [-0.3, -0.25) is 4.79 Å². The molecule has 0 aliphatic heterocycles. The van der Waals surface area contributed by atoms with Crippen molar-refractivity contribution in [2.45, 2.75) is 13.1 Å². The molecule has 0 spiro atoms. The van der Waals surface area contributed by atoms with Crippen LogP contribution in [0, 0.1) is 6.92 Å². The summed E-state index contributed by atoms with van der Waals surface area (Å²) in [6, 6.07) is 11.2. The fourth-order valence-corrected chi connectivity index (χ4v) is 3.56. The molecule has 2 aromatic heterocycles. The Morgan fingerprint density at radius 2 is 2.00 bits per heavy atom. The summed E-state index contributed by atoms with van der Waals surface area (Å²) in [4.78, 5) is 16.1. The van der Waals surface area contributed by atoms with Gasteiger partial charge >= 0.3 is 12.1 Å². The number of halogens is 5. The molecule has 164 valence electrons. The second-order valence-corrected chi connectivity index (χ2v) is 7.81. The number of nitrogens with zero attached hydrogens (tertiary/aromatic N) is 5. The van der Waals surface area contributed by atoms with Crippen molar-refractivity contribution in [2.75, 3.05) is 5.32 Å². The molecule has 0 aliphatic carbocycles. The molecular formula is C19H11BrClF3N6O2. The number of hydrogen-bond acceptors (Lipinski definition) is 6. The lowest BCUT2D eigenvalue weighted by molar-refractivity contribution is -0.159. The van der Waals surface area contributed by atoms with Crippen molar-refractivity contribution in [1.29, 1.82) is 0 Å². The molecule has 0 aliphatic rings. The third kappa shape index (κ3) is 4.36. The maximum Gasteiger partial charge on any atom is 0.471 e. The highest BCUT2D eigenvalue weighted by Gasteiger charge is 2.38. The average Bonchev–Trinajstić information content (AvgIpc) is 3.36. The van der Waals surface area contributed by atoms with Crippen LogP contribution in [0.5, 0.6) is 0 Å². The number of nitrogens with one attached hydrogen (secondary N) is 1. The van der Waals surface area contributed by atoms with Crippen LogP contribution in [0.2, 0.25) is 5.02 Å². The molecular weight excluding hydrogens is 517 g/mol. The normalized spacial score (nSPS) is 11.6. The summed E-state index contributed by atoms with van der Waals surface area (Å²) in [5.41, 5.74) is 1.55. The van der Waals surface area contributed by atoms with Crippen LogP contribution < -0.4 is 5.32 Å². The first kappa shape index (κ1) is 22.0. The Bertz CT molecular complexity index is 1320. The Kier molecular flexibility index (Phi) is 5.73. The van der Waals surface area contributed by atoms with Crippen LogP contribution in [0.3, 0.4) is 0 Å².